The first-order valence-corrected chi connectivity index (χ1v) is 17.0. The number of sulfonamides is 1. The van der Waals surface area contributed by atoms with Crippen molar-refractivity contribution in [3.63, 3.8) is 0 Å². The van der Waals surface area contributed by atoms with Crippen LogP contribution in [0, 0.1) is 5.92 Å². The fourth-order valence-electron chi connectivity index (χ4n) is 6.23. The zero-order chi connectivity index (χ0) is 30.7. The predicted molar refractivity (Wildman–Crippen MR) is 167 cm³/mol. The summed E-state index contributed by atoms with van der Waals surface area (Å²) in [5.41, 5.74) is 3.00. The van der Waals surface area contributed by atoms with E-state index in [1.165, 1.54) is 19.3 Å². The van der Waals surface area contributed by atoms with Gasteiger partial charge < -0.3 is 19.4 Å². The molecule has 1 aliphatic carbocycles. The number of aromatic nitrogens is 1. The van der Waals surface area contributed by atoms with Gasteiger partial charge in [-0.25, -0.2) is 13.1 Å². The van der Waals surface area contributed by atoms with Crippen LogP contribution in [0.2, 0.25) is 0 Å². The van der Waals surface area contributed by atoms with E-state index in [4.69, 9.17) is 9.47 Å². The molecule has 1 aliphatic heterocycles. The van der Waals surface area contributed by atoms with Crippen LogP contribution >= 0.6 is 0 Å². The molecule has 2 heterocycles. The third-order valence-corrected chi connectivity index (χ3v) is 10.1. The van der Waals surface area contributed by atoms with Crippen molar-refractivity contribution in [3.8, 4) is 11.3 Å². The van der Waals surface area contributed by atoms with Crippen molar-refractivity contribution in [3.05, 3.63) is 41.1 Å². The number of nitrogens with zero attached hydrogens (tertiary/aromatic N) is 1. The number of methoxy groups -OCH3 is 1. The summed E-state index contributed by atoms with van der Waals surface area (Å²) >= 11 is 0. The molecule has 0 unspecified atom stereocenters. The molecule has 9 heteroatoms. The topological polar surface area (TPSA) is 98.7 Å². The minimum Gasteiger partial charge on any atom is -0.381 e. The van der Waals surface area contributed by atoms with Crippen molar-refractivity contribution < 1.29 is 22.7 Å². The number of rotatable bonds is 9. The van der Waals surface area contributed by atoms with E-state index in [0.29, 0.717) is 31.3 Å². The number of amides is 1. The molecule has 4 rings (SSSR count). The van der Waals surface area contributed by atoms with Crippen LogP contribution in [-0.2, 0) is 38.1 Å². The second kappa shape index (κ2) is 13.2. The Balaban J connectivity index is 1.84. The van der Waals surface area contributed by atoms with E-state index in [9.17, 15) is 13.2 Å². The zero-order valence-corrected chi connectivity index (χ0v) is 27.5. The second-order valence-corrected chi connectivity index (χ2v) is 15.8. The minimum atomic E-state index is -3.76. The molecule has 2 fully saturated rings. The van der Waals surface area contributed by atoms with Gasteiger partial charge in [0, 0.05) is 44.1 Å². The Morgan fingerprint density at radius 2 is 1.67 bits per heavy atom. The summed E-state index contributed by atoms with van der Waals surface area (Å²) in [6.07, 6.45) is 7.64. The standard InChI is InChI=1S/C33H51N3O5S/c1-32(2,3)27-19-24(13-14-30(27)42(38,39)35-33(4,5)6)28-20-26(31(37)34-25-15-17-41-18-16-25)29(22-40-7)36(28)21-23-11-9-8-10-12-23/h13-14,19-20,23,25,35H,8-12,15-18,21-22H2,1-7H3,(H,34,37). The van der Waals surface area contributed by atoms with Gasteiger partial charge in [0.1, 0.15) is 0 Å². The first kappa shape index (κ1) is 32.7. The van der Waals surface area contributed by atoms with Crippen LogP contribution in [0.4, 0.5) is 0 Å². The Morgan fingerprint density at radius 3 is 2.26 bits per heavy atom. The molecule has 234 valence electrons. The summed E-state index contributed by atoms with van der Waals surface area (Å²) in [6, 6.07) is 7.67. The van der Waals surface area contributed by atoms with Gasteiger partial charge in [-0.15, -0.1) is 0 Å². The summed E-state index contributed by atoms with van der Waals surface area (Å²) in [6.45, 7) is 14.1. The van der Waals surface area contributed by atoms with Gasteiger partial charge in [-0.1, -0.05) is 46.1 Å². The highest BCUT2D eigenvalue weighted by atomic mass is 32.2. The fraction of sp³-hybridized carbons (Fsp3) is 0.667. The largest absolute Gasteiger partial charge is 0.381 e. The molecule has 1 aromatic carbocycles. The van der Waals surface area contributed by atoms with Crippen molar-refractivity contribution in [2.75, 3.05) is 20.3 Å². The molecular weight excluding hydrogens is 550 g/mol. The smallest absolute Gasteiger partial charge is 0.253 e. The van der Waals surface area contributed by atoms with Gasteiger partial charge in [0.15, 0.2) is 0 Å². The molecule has 0 bridgehead atoms. The molecule has 1 aromatic heterocycles. The van der Waals surface area contributed by atoms with E-state index in [0.717, 1.165) is 54.7 Å². The number of hydrogen-bond donors (Lipinski definition) is 2. The minimum absolute atomic E-state index is 0.0825. The van der Waals surface area contributed by atoms with Crippen LogP contribution < -0.4 is 10.0 Å². The third-order valence-electron chi connectivity index (χ3n) is 8.27. The Labute approximate surface area is 253 Å². The maximum Gasteiger partial charge on any atom is 0.253 e. The van der Waals surface area contributed by atoms with Crippen molar-refractivity contribution in [1.29, 1.82) is 0 Å². The van der Waals surface area contributed by atoms with Crippen molar-refractivity contribution in [1.82, 2.24) is 14.6 Å². The summed E-state index contributed by atoms with van der Waals surface area (Å²) in [4.78, 5) is 14.0. The fourth-order valence-corrected chi connectivity index (χ4v) is 8.04. The van der Waals surface area contributed by atoms with E-state index in [1.54, 1.807) is 13.2 Å². The van der Waals surface area contributed by atoms with Gasteiger partial charge >= 0.3 is 0 Å². The maximum absolute atomic E-state index is 13.7. The molecule has 2 aliphatic rings. The first-order chi connectivity index (χ1) is 19.7. The summed E-state index contributed by atoms with van der Waals surface area (Å²) in [5, 5.41) is 3.24. The van der Waals surface area contributed by atoms with Crippen LogP contribution in [0.5, 0.6) is 0 Å². The Bertz CT molecular complexity index is 1340. The summed E-state index contributed by atoms with van der Waals surface area (Å²) < 4.78 is 43.3. The van der Waals surface area contributed by atoms with Crippen LogP contribution in [0.15, 0.2) is 29.2 Å². The Morgan fingerprint density at radius 1 is 1.00 bits per heavy atom. The number of benzene rings is 1. The molecule has 2 aromatic rings. The quantitative estimate of drug-likeness (QED) is 0.359. The van der Waals surface area contributed by atoms with Crippen molar-refractivity contribution in [2.45, 2.75) is 122 Å². The molecule has 1 amide bonds. The average Bonchev–Trinajstić information content (AvgIpc) is 3.26. The zero-order valence-electron chi connectivity index (χ0n) is 26.6. The highest BCUT2D eigenvalue weighted by Crippen LogP contribution is 2.37. The third kappa shape index (κ3) is 8.04. The first-order valence-electron chi connectivity index (χ1n) is 15.5. The van der Waals surface area contributed by atoms with Gasteiger partial charge in [-0.05, 0) is 87.1 Å². The number of nitrogens with one attached hydrogen (secondary N) is 2. The Hall–Kier alpha value is -2.20. The van der Waals surface area contributed by atoms with Gasteiger partial charge in [-0.2, -0.15) is 0 Å². The number of ether oxygens (including phenoxy) is 2. The van der Waals surface area contributed by atoms with Gasteiger partial charge in [0.2, 0.25) is 10.0 Å². The monoisotopic (exact) mass is 601 g/mol. The predicted octanol–water partition coefficient (Wildman–Crippen LogP) is 6.16. The van der Waals surface area contributed by atoms with Gasteiger partial charge in [0.25, 0.3) is 5.91 Å². The van der Waals surface area contributed by atoms with E-state index in [1.807, 2.05) is 59.7 Å². The molecule has 1 saturated heterocycles. The number of hydrogen-bond acceptors (Lipinski definition) is 5. The lowest BCUT2D eigenvalue weighted by Crippen LogP contribution is -2.41. The molecule has 8 nitrogen and oxygen atoms in total. The highest BCUT2D eigenvalue weighted by molar-refractivity contribution is 7.89. The van der Waals surface area contributed by atoms with Crippen LogP contribution in [0.1, 0.15) is 108 Å². The van der Waals surface area contributed by atoms with E-state index in [2.05, 4.69) is 14.6 Å². The second-order valence-electron chi connectivity index (χ2n) is 14.1. The normalized spacial score (nSPS) is 17.9. The van der Waals surface area contributed by atoms with E-state index >= 15 is 0 Å². The van der Waals surface area contributed by atoms with Gasteiger partial charge in [-0.3, -0.25) is 4.79 Å². The molecular formula is C33H51N3O5S. The molecule has 1 saturated carbocycles. The van der Waals surface area contributed by atoms with Crippen LogP contribution in [0.3, 0.4) is 0 Å². The van der Waals surface area contributed by atoms with Crippen molar-refractivity contribution >= 4 is 15.9 Å². The summed E-state index contributed by atoms with van der Waals surface area (Å²) in [7, 11) is -2.09. The molecule has 2 N–H and O–H groups in total. The molecule has 0 spiro atoms. The number of carbonyl (C=O) groups is 1. The van der Waals surface area contributed by atoms with Gasteiger partial charge in [0.05, 0.1) is 22.8 Å². The Kier molecular flexibility index (Phi) is 10.3. The molecule has 0 atom stereocenters. The SMILES string of the molecule is COCc1c(C(=O)NC2CCOCC2)cc(-c2ccc(S(=O)(=O)NC(C)(C)C)c(C(C)(C)C)c2)n1CC1CCCCC1. The summed E-state index contributed by atoms with van der Waals surface area (Å²) in [5.74, 6) is 0.423. The highest BCUT2D eigenvalue weighted by Gasteiger charge is 2.31. The maximum atomic E-state index is 13.7. The average molecular weight is 602 g/mol. The number of carbonyl (C=O) groups excluding carboxylic acids is 1. The molecule has 0 radical (unpaired) electrons. The lowest BCUT2D eigenvalue weighted by molar-refractivity contribution is 0.0694. The van der Waals surface area contributed by atoms with E-state index < -0.39 is 21.0 Å². The van der Waals surface area contributed by atoms with Crippen LogP contribution in [0.25, 0.3) is 11.3 Å². The lowest BCUT2D eigenvalue weighted by atomic mass is 9.85. The van der Waals surface area contributed by atoms with Crippen LogP contribution in [-0.4, -0.2) is 50.8 Å². The molecule has 42 heavy (non-hydrogen) atoms. The lowest BCUT2D eigenvalue weighted by Gasteiger charge is -2.27. The van der Waals surface area contributed by atoms with Crippen molar-refractivity contribution in [2.24, 2.45) is 5.92 Å². The van der Waals surface area contributed by atoms with E-state index in [-0.39, 0.29) is 16.8 Å².